The molecule has 15 heteroatoms. The number of nitrogens with zero attached hydrogens (tertiary/aromatic N) is 3. The van der Waals surface area contributed by atoms with Gasteiger partial charge in [-0.05, 0) is 69.0 Å². The molecule has 0 radical (unpaired) electrons. The van der Waals surface area contributed by atoms with Crippen LogP contribution in [0.2, 0.25) is 5.02 Å². The van der Waals surface area contributed by atoms with Gasteiger partial charge in [-0.25, -0.2) is 4.98 Å². The molecule has 0 saturated carbocycles. The number of rotatable bonds is 16. The van der Waals surface area contributed by atoms with Crippen LogP contribution in [0.3, 0.4) is 0 Å². The van der Waals surface area contributed by atoms with Gasteiger partial charge in [0.25, 0.3) is 0 Å². The van der Waals surface area contributed by atoms with Crippen LogP contribution in [0.4, 0.5) is 10.7 Å². The molecule has 0 saturated heterocycles. The minimum atomic E-state index is -4.47. The Bertz CT molecular complexity index is 1450. The number of thiophene rings is 1. The van der Waals surface area contributed by atoms with Gasteiger partial charge in [0, 0.05) is 48.7 Å². The second kappa shape index (κ2) is 15.6. The van der Waals surface area contributed by atoms with E-state index in [0.29, 0.717) is 42.7 Å². The highest BCUT2D eigenvalue weighted by Gasteiger charge is 2.37. The molecule has 0 bridgehead atoms. The summed E-state index contributed by atoms with van der Waals surface area (Å²) in [5.41, 5.74) is 1.28. The third-order valence-corrected chi connectivity index (χ3v) is 9.27. The van der Waals surface area contributed by atoms with Crippen molar-refractivity contribution in [3.8, 4) is 11.6 Å². The Kier molecular flexibility index (Phi) is 12.7. The average Bonchev–Trinajstić information content (AvgIpc) is 3.40. The topological polar surface area (TPSA) is 121 Å². The van der Waals surface area contributed by atoms with Crippen LogP contribution >= 0.6 is 46.1 Å². The molecule has 0 aliphatic heterocycles. The standard InChI is InChI=1S/C28H34Cl3N3O7S2/c1-19-23(24(31)18-26(32-19)39-14-15-40-28(2,3)4)17-25(22-9-16-42-27(22)34(35)36)43(37,38)41-21-7-5-20(6-8-21)33(12-10-29)13-11-30/h5-9,16,18,25H,10-15,17H2,1-4H3. The quantitative estimate of drug-likeness (QED) is 0.0505. The molecule has 2 heterocycles. The molecular weight excluding hydrogens is 661 g/mol. The minimum absolute atomic E-state index is 0.00265. The zero-order valence-electron chi connectivity index (χ0n) is 24.2. The molecule has 3 aromatic rings. The summed E-state index contributed by atoms with van der Waals surface area (Å²) in [6, 6.07) is 9.31. The molecule has 2 aromatic heterocycles. The summed E-state index contributed by atoms with van der Waals surface area (Å²) in [6.45, 7) is 9.14. The smallest absolute Gasteiger partial charge is 0.328 e. The van der Waals surface area contributed by atoms with Gasteiger partial charge in [-0.2, -0.15) is 8.42 Å². The van der Waals surface area contributed by atoms with Gasteiger partial charge in [-0.15, -0.1) is 23.2 Å². The zero-order chi connectivity index (χ0) is 31.8. The summed E-state index contributed by atoms with van der Waals surface area (Å²) >= 11 is 19.2. The monoisotopic (exact) mass is 693 g/mol. The maximum atomic E-state index is 13.8. The highest BCUT2D eigenvalue weighted by Crippen LogP contribution is 2.40. The Morgan fingerprint density at radius 3 is 2.30 bits per heavy atom. The summed E-state index contributed by atoms with van der Waals surface area (Å²) in [6.07, 6.45) is -0.220. The number of hydrogen-bond acceptors (Lipinski definition) is 10. The summed E-state index contributed by atoms with van der Waals surface area (Å²) in [5, 5.41) is 11.7. The van der Waals surface area contributed by atoms with E-state index in [0.717, 1.165) is 17.0 Å². The van der Waals surface area contributed by atoms with Crippen molar-refractivity contribution >= 4 is 66.9 Å². The lowest BCUT2D eigenvalue weighted by atomic mass is 10.0. The number of ether oxygens (including phenoxy) is 2. The summed E-state index contributed by atoms with van der Waals surface area (Å²) < 4.78 is 44.4. The third kappa shape index (κ3) is 10.1. The molecule has 0 aliphatic rings. The number of pyridine rings is 1. The van der Waals surface area contributed by atoms with Gasteiger partial charge in [-0.1, -0.05) is 22.9 Å². The van der Waals surface area contributed by atoms with Crippen LogP contribution in [0, 0.1) is 17.0 Å². The minimum Gasteiger partial charge on any atom is -0.475 e. The Balaban J connectivity index is 1.90. The fraction of sp³-hybridized carbons (Fsp3) is 0.464. The first-order valence-electron chi connectivity index (χ1n) is 13.3. The van der Waals surface area contributed by atoms with Gasteiger partial charge in [-0.3, -0.25) is 10.1 Å². The number of halogens is 3. The van der Waals surface area contributed by atoms with Crippen molar-refractivity contribution in [2.24, 2.45) is 0 Å². The summed E-state index contributed by atoms with van der Waals surface area (Å²) in [5.74, 6) is 1.07. The summed E-state index contributed by atoms with van der Waals surface area (Å²) in [4.78, 5) is 17.6. The Morgan fingerprint density at radius 2 is 1.74 bits per heavy atom. The fourth-order valence-electron chi connectivity index (χ4n) is 4.18. The second-order valence-corrected chi connectivity index (χ2v) is 14.2. The number of anilines is 1. The zero-order valence-corrected chi connectivity index (χ0v) is 28.1. The number of aryl methyl sites for hydroxylation is 1. The maximum Gasteiger partial charge on any atom is 0.328 e. The number of alkyl halides is 2. The lowest BCUT2D eigenvalue weighted by Gasteiger charge is -2.23. The molecule has 1 aromatic carbocycles. The van der Waals surface area contributed by atoms with E-state index in [2.05, 4.69) is 4.98 Å². The van der Waals surface area contributed by atoms with Gasteiger partial charge in [0.1, 0.15) is 17.6 Å². The molecule has 0 N–H and O–H groups in total. The second-order valence-electron chi connectivity index (χ2n) is 10.4. The van der Waals surface area contributed by atoms with E-state index in [9.17, 15) is 18.5 Å². The third-order valence-electron chi connectivity index (χ3n) is 6.17. The predicted molar refractivity (Wildman–Crippen MR) is 172 cm³/mol. The van der Waals surface area contributed by atoms with E-state index in [1.54, 1.807) is 19.1 Å². The van der Waals surface area contributed by atoms with Gasteiger partial charge in [0.15, 0.2) is 0 Å². The first-order chi connectivity index (χ1) is 20.3. The van der Waals surface area contributed by atoms with Crippen LogP contribution in [0.25, 0.3) is 0 Å². The van der Waals surface area contributed by atoms with Crippen LogP contribution in [-0.2, 0) is 21.3 Å². The summed E-state index contributed by atoms with van der Waals surface area (Å²) in [7, 11) is -4.47. The number of benzene rings is 1. The van der Waals surface area contributed by atoms with E-state index >= 15 is 0 Å². The fourth-order valence-corrected chi connectivity index (χ4v) is 7.12. The Hall–Kier alpha value is -2.35. The largest absolute Gasteiger partial charge is 0.475 e. The van der Waals surface area contributed by atoms with Crippen molar-refractivity contribution in [1.82, 2.24) is 4.98 Å². The van der Waals surface area contributed by atoms with E-state index in [1.165, 1.54) is 29.6 Å². The van der Waals surface area contributed by atoms with Crippen LogP contribution in [-0.4, -0.2) is 62.0 Å². The highest BCUT2D eigenvalue weighted by molar-refractivity contribution is 7.87. The van der Waals surface area contributed by atoms with Gasteiger partial charge in [0.05, 0.1) is 27.7 Å². The van der Waals surface area contributed by atoms with Crippen molar-refractivity contribution in [2.45, 2.75) is 45.0 Å². The van der Waals surface area contributed by atoms with Gasteiger partial charge >= 0.3 is 15.1 Å². The molecule has 0 aliphatic carbocycles. The first-order valence-corrected chi connectivity index (χ1v) is 17.1. The first kappa shape index (κ1) is 35.1. The van der Waals surface area contributed by atoms with Gasteiger partial charge in [0.2, 0.25) is 5.88 Å². The molecule has 43 heavy (non-hydrogen) atoms. The van der Waals surface area contributed by atoms with Crippen LogP contribution in [0.15, 0.2) is 41.8 Å². The van der Waals surface area contributed by atoms with E-state index in [-0.39, 0.29) is 45.8 Å². The molecule has 3 rings (SSSR count). The van der Waals surface area contributed by atoms with Crippen LogP contribution in [0.1, 0.15) is 42.8 Å². The SMILES string of the molecule is Cc1nc(OCCOC(C)(C)C)cc(Cl)c1CC(c1ccsc1[N+](=O)[O-])S(=O)(=O)Oc1ccc(N(CCCl)CCCl)cc1. The average molecular weight is 695 g/mol. The van der Waals surface area contributed by atoms with Crippen LogP contribution in [0.5, 0.6) is 11.6 Å². The van der Waals surface area contributed by atoms with Crippen molar-refractivity contribution in [3.63, 3.8) is 0 Å². The Labute approximate surface area is 271 Å². The van der Waals surface area contributed by atoms with Crippen molar-refractivity contribution < 1.29 is 27.0 Å². The normalized spacial score (nSPS) is 12.6. The number of hydrogen-bond donors (Lipinski definition) is 0. The maximum absolute atomic E-state index is 13.8. The molecule has 0 fully saturated rings. The number of nitro groups is 1. The molecule has 10 nitrogen and oxygen atoms in total. The van der Waals surface area contributed by atoms with Crippen molar-refractivity contribution in [2.75, 3.05) is 43.0 Å². The lowest BCUT2D eigenvalue weighted by molar-refractivity contribution is -0.380. The number of aromatic nitrogens is 1. The van der Waals surface area contributed by atoms with E-state index in [1.807, 2.05) is 25.7 Å². The molecule has 0 spiro atoms. The highest BCUT2D eigenvalue weighted by atomic mass is 35.5. The van der Waals surface area contributed by atoms with Crippen molar-refractivity contribution in [3.05, 3.63) is 73.7 Å². The van der Waals surface area contributed by atoms with E-state index < -0.39 is 20.3 Å². The molecule has 236 valence electrons. The lowest BCUT2D eigenvalue weighted by Crippen LogP contribution is -2.27. The van der Waals surface area contributed by atoms with Crippen molar-refractivity contribution in [1.29, 1.82) is 0 Å². The van der Waals surface area contributed by atoms with E-state index in [4.69, 9.17) is 48.5 Å². The molecule has 1 atom stereocenters. The van der Waals surface area contributed by atoms with Gasteiger partial charge < -0.3 is 18.6 Å². The Morgan fingerprint density at radius 1 is 1.09 bits per heavy atom. The molecule has 1 unspecified atom stereocenters. The predicted octanol–water partition coefficient (Wildman–Crippen LogP) is 7.18. The van der Waals surface area contributed by atoms with Crippen LogP contribution < -0.4 is 13.8 Å². The molecular formula is C28H34Cl3N3O7S2. The molecule has 0 amide bonds.